The smallest absolute Gasteiger partial charge is 0.276 e. The number of carbonyl (C=O) groups is 2. The number of anilines is 1. The number of benzene rings is 2. The molecule has 0 N–H and O–H groups in total. The van der Waals surface area contributed by atoms with Crippen molar-refractivity contribution < 1.29 is 28.5 Å². The Hall–Kier alpha value is -3.04. The molecule has 0 fully saturated rings. The van der Waals surface area contributed by atoms with E-state index in [1.54, 1.807) is 37.3 Å². The minimum absolute atomic E-state index is 0.138. The summed E-state index contributed by atoms with van der Waals surface area (Å²) < 4.78 is 23.1. The van der Waals surface area contributed by atoms with E-state index in [9.17, 15) is 9.59 Å². The second-order valence-corrected chi connectivity index (χ2v) is 7.68. The van der Waals surface area contributed by atoms with E-state index in [2.05, 4.69) is 10.2 Å². The molecule has 0 aliphatic carbocycles. The van der Waals surface area contributed by atoms with Crippen molar-refractivity contribution in [2.75, 3.05) is 30.8 Å². The van der Waals surface area contributed by atoms with Crippen molar-refractivity contribution >= 4 is 46.4 Å². The molecule has 35 heavy (non-hydrogen) atoms. The van der Waals surface area contributed by atoms with Gasteiger partial charge in [-0.2, -0.15) is 5.11 Å². The summed E-state index contributed by atoms with van der Waals surface area (Å²) in [5, 5.41) is 8.28. The molecule has 11 heteroatoms. The fourth-order valence-corrected chi connectivity index (χ4v) is 3.38. The number of ether oxygens (including phenoxy) is 4. The molecule has 1 amide bonds. The third kappa shape index (κ3) is 7.22. The van der Waals surface area contributed by atoms with Gasteiger partial charge in [0.05, 0.1) is 37.1 Å². The fraction of sp³-hybridized carbons (Fsp3) is 0.417. The van der Waals surface area contributed by atoms with E-state index in [0.717, 1.165) is 4.42 Å². The highest BCUT2D eigenvalue weighted by Gasteiger charge is 2.30. The Labute approximate surface area is 215 Å². The minimum Gasteiger partial charge on any atom is -0.490 e. The zero-order valence-electron chi connectivity index (χ0n) is 20.3. The number of rotatable bonds is 13. The monoisotopic (exact) mass is 525 g/mol. The van der Waals surface area contributed by atoms with E-state index >= 15 is 0 Å². The number of carbonyl (C=O) groups excluding carboxylic acids is 2. The maximum absolute atomic E-state index is 13.1. The molecule has 0 saturated heterocycles. The van der Waals surface area contributed by atoms with Gasteiger partial charge in [0.2, 0.25) is 6.04 Å². The molecule has 0 bridgehead atoms. The van der Waals surface area contributed by atoms with Gasteiger partial charge in [-0.25, -0.2) is 4.42 Å². The van der Waals surface area contributed by atoms with Gasteiger partial charge in [-0.1, -0.05) is 11.6 Å². The van der Waals surface area contributed by atoms with Gasteiger partial charge in [0, 0.05) is 17.8 Å². The van der Waals surface area contributed by atoms with Crippen molar-refractivity contribution in [2.45, 2.75) is 40.7 Å². The maximum Gasteiger partial charge on any atom is 0.276 e. The van der Waals surface area contributed by atoms with Crippen LogP contribution in [0, 0.1) is 0 Å². The van der Waals surface area contributed by atoms with Crippen LogP contribution in [-0.2, 0) is 9.59 Å². The van der Waals surface area contributed by atoms with E-state index in [4.69, 9.17) is 42.3 Å². The summed E-state index contributed by atoms with van der Waals surface area (Å²) in [6, 6.07) is 6.44. The first-order chi connectivity index (χ1) is 16.8. The predicted molar refractivity (Wildman–Crippen MR) is 135 cm³/mol. The van der Waals surface area contributed by atoms with Gasteiger partial charge < -0.3 is 18.9 Å². The summed E-state index contributed by atoms with van der Waals surface area (Å²) in [5.41, 5.74) is 0.413. The Balaban J connectivity index is 2.40. The van der Waals surface area contributed by atoms with Crippen LogP contribution in [0.1, 0.15) is 34.6 Å². The van der Waals surface area contributed by atoms with Crippen molar-refractivity contribution in [2.24, 2.45) is 10.2 Å². The Bertz CT molecular complexity index is 1060. The molecular weight excluding hydrogens is 497 g/mol. The molecule has 0 saturated carbocycles. The highest BCUT2D eigenvalue weighted by molar-refractivity contribution is 6.39. The molecule has 0 aromatic heterocycles. The Morgan fingerprint density at radius 2 is 1.46 bits per heavy atom. The number of halogens is 2. The van der Waals surface area contributed by atoms with Crippen LogP contribution < -0.4 is 23.4 Å². The van der Waals surface area contributed by atoms with E-state index in [1.807, 2.05) is 20.8 Å². The summed E-state index contributed by atoms with van der Waals surface area (Å²) >= 11 is 12.6. The van der Waals surface area contributed by atoms with Crippen LogP contribution >= 0.6 is 23.4 Å². The molecule has 2 rings (SSSR count). The lowest BCUT2D eigenvalue weighted by Gasteiger charge is -2.19. The number of hydrogen-bond donors (Lipinski definition) is 0. The third-order valence-corrected chi connectivity index (χ3v) is 5.14. The van der Waals surface area contributed by atoms with Crippen LogP contribution in [-0.4, -0.2) is 44.2 Å². The molecular formula is C24H29Cl2N3O6. The summed E-state index contributed by atoms with van der Waals surface area (Å²) in [7, 11) is 0. The number of hydrogen-bond acceptors (Lipinski definition) is 8. The lowest BCUT2D eigenvalue weighted by molar-refractivity contribution is -0.126. The van der Waals surface area contributed by atoms with Crippen LogP contribution in [0.3, 0.4) is 0 Å². The Morgan fingerprint density at radius 3 is 2.06 bits per heavy atom. The Morgan fingerprint density at radius 1 is 0.886 bits per heavy atom. The van der Waals surface area contributed by atoms with Crippen LogP contribution in [0.4, 0.5) is 11.4 Å². The molecule has 0 aliphatic rings. The molecule has 1 atom stereocenters. The van der Waals surface area contributed by atoms with Crippen LogP contribution in [0.25, 0.3) is 0 Å². The normalized spacial score (nSPS) is 11.7. The lowest BCUT2D eigenvalue weighted by atomic mass is 10.2. The molecule has 2 aromatic carbocycles. The van der Waals surface area contributed by atoms with Crippen molar-refractivity contribution in [1.82, 2.24) is 0 Å². The number of Topliss-reactive ketones (excluding diaryl/α,β-unsaturated/α-hetero) is 1. The average molecular weight is 526 g/mol. The lowest BCUT2D eigenvalue weighted by Crippen LogP contribution is -2.36. The quantitative estimate of drug-likeness (QED) is 0.176. The van der Waals surface area contributed by atoms with Crippen LogP contribution in [0.15, 0.2) is 40.6 Å². The third-order valence-electron chi connectivity index (χ3n) is 4.47. The molecule has 1 unspecified atom stereocenters. The van der Waals surface area contributed by atoms with Crippen molar-refractivity contribution in [3.63, 3.8) is 0 Å². The van der Waals surface area contributed by atoms with E-state index < -0.39 is 17.7 Å². The van der Waals surface area contributed by atoms with Crippen LogP contribution in [0.5, 0.6) is 23.0 Å². The molecule has 9 nitrogen and oxygen atoms in total. The summed E-state index contributed by atoms with van der Waals surface area (Å²) in [4.78, 5) is 25.4. The second-order valence-electron chi connectivity index (χ2n) is 6.93. The number of nitrogens with zero attached hydrogens (tertiary/aromatic N) is 3. The fourth-order valence-electron chi connectivity index (χ4n) is 2.99. The van der Waals surface area contributed by atoms with E-state index in [-0.39, 0.29) is 22.1 Å². The van der Waals surface area contributed by atoms with Gasteiger partial charge in [0.1, 0.15) is 5.69 Å². The summed E-state index contributed by atoms with van der Waals surface area (Å²) in [6.07, 6.45) is 0. The highest BCUT2D eigenvalue weighted by Crippen LogP contribution is 2.43. The first-order valence-corrected chi connectivity index (χ1v) is 11.9. The van der Waals surface area contributed by atoms with Gasteiger partial charge in [-0.15, -0.1) is 5.11 Å². The molecule has 2 aromatic rings. The molecule has 190 valence electrons. The van der Waals surface area contributed by atoms with Gasteiger partial charge in [0.15, 0.2) is 28.8 Å². The SMILES string of the molecule is CCOc1ccc(N(Cl)C(=O)C(N=Nc2c(Cl)ccc(OCC)c2OCC)C(C)=O)cc1OCC. The zero-order valence-corrected chi connectivity index (χ0v) is 21.9. The molecule has 0 spiro atoms. The maximum atomic E-state index is 13.1. The number of ketones is 1. The molecule has 0 radical (unpaired) electrons. The Kier molecular flexibility index (Phi) is 11.1. The summed E-state index contributed by atoms with van der Waals surface area (Å²) in [6.45, 7) is 10.0. The zero-order chi connectivity index (χ0) is 26.0. The van der Waals surface area contributed by atoms with Gasteiger partial charge in [0.25, 0.3) is 5.91 Å². The average Bonchev–Trinajstić information content (AvgIpc) is 2.83. The first-order valence-electron chi connectivity index (χ1n) is 11.2. The van der Waals surface area contributed by atoms with Crippen LogP contribution in [0.2, 0.25) is 5.02 Å². The van der Waals surface area contributed by atoms with E-state index in [0.29, 0.717) is 43.7 Å². The number of amides is 1. The van der Waals surface area contributed by atoms with Crippen molar-refractivity contribution in [3.8, 4) is 23.0 Å². The van der Waals surface area contributed by atoms with Gasteiger partial charge in [-0.05, 0) is 58.9 Å². The summed E-state index contributed by atoms with van der Waals surface area (Å²) in [5.74, 6) is 0.226. The molecule has 0 heterocycles. The van der Waals surface area contributed by atoms with Gasteiger partial charge in [-0.3, -0.25) is 9.59 Å². The predicted octanol–water partition coefficient (Wildman–Crippen LogP) is 6.16. The standard InChI is InChI=1S/C24H29Cl2N3O6/c1-6-32-18-12-10-16(14-20(18)34-8-3)29(26)24(31)21(15(5)30)27-28-22-17(25)11-13-19(33-7-2)23(22)35-9-4/h10-14,21H,6-9H2,1-5H3. The molecule has 0 aliphatic heterocycles. The van der Waals surface area contributed by atoms with E-state index in [1.165, 1.54) is 6.92 Å². The van der Waals surface area contributed by atoms with Gasteiger partial charge >= 0.3 is 0 Å². The minimum atomic E-state index is -1.52. The topological polar surface area (TPSA) is 99.0 Å². The largest absolute Gasteiger partial charge is 0.490 e. The van der Waals surface area contributed by atoms with Crippen molar-refractivity contribution in [3.05, 3.63) is 35.4 Å². The van der Waals surface area contributed by atoms with Crippen molar-refractivity contribution in [1.29, 1.82) is 0 Å². The highest BCUT2D eigenvalue weighted by atomic mass is 35.5. The second kappa shape index (κ2) is 13.7. The number of azo groups is 1. The first kappa shape index (κ1) is 28.2.